The second kappa shape index (κ2) is 11.6. The monoisotopic (exact) mass is 544 g/mol. The minimum absolute atomic E-state index is 0.214. The molecule has 4 aromatic rings. The number of hydrogen-bond donors (Lipinski definition) is 0. The zero-order valence-electron chi connectivity index (χ0n) is 20.4. The fourth-order valence-electron chi connectivity index (χ4n) is 4.22. The number of unbranched alkanes of at least 4 members (excludes halogenated alkanes) is 1. The van der Waals surface area contributed by atoms with E-state index in [1.54, 1.807) is 13.2 Å². The molecule has 0 amide bonds. The van der Waals surface area contributed by atoms with Crippen molar-refractivity contribution in [1.82, 2.24) is 9.78 Å². The third kappa shape index (κ3) is 6.17. The van der Waals surface area contributed by atoms with Gasteiger partial charge >= 0.3 is 0 Å². The third-order valence-corrected chi connectivity index (χ3v) is 9.48. The molecule has 36 heavy (non-hydrogen) atoms. The summed E-state index contributed by atoms with van der Waals surface area (Å²) in [7, 11) is -2.06. The maximum Gasteiger partial charge on any atom is 0.193 e. The van der Waals surface area contributed by atoms with Crippen LogP contribution in [-0.2, 0) is 33.4 Å². The van der Waals surface area contributed by atoms with Crippen LogP contribution in [0, 0.1) is 0 Å². The quantitative estimate of drug-likeness (QED) is 0.204. The second-order valence-electron chi connectivity index (χ2n) is 8.74. The van der Waals surface area contributed by atoms with Crippen molar-refractivity contribution in [3.05, 3.63) is 75.8 Å². The largest absolute Gasteiger partial charge is 0.496 e. The number of hydrogen-bond acceptors (Lipinski definition) is 6. The van der Waals surface area contributed by atoms with Crippen molar-refractivity contribution >= 4 is 49.5 Å². The van der Waals surface area contributed by atoms with Gasteiger partial charge in [0.2, 0.25) is 0 Å². The number of nitrogens with zero attached hydrogens (tertiary/aromatic N) is 2. The van der Waals surface area contributed by atoms with Crippen LogP contribution < -0.4 is 4.74 Å². The number of thiophene rings is 1. The molecule has 0 bridgehead atoms. The number of rotatable bonds is 12. The molecule has 0 atom stereocenters. The standard InChI is InChI=1S/C27H29ClN2O4S2/c1-3-4-9-21(31)13-12-19-7-5-8-20(16-19)17-30-23-10-6-11-24(34-2)27(23)22(29-30)18-36(32,33)26-15-14-25(28)35-26/h5-8,10-11,14-16H,3-4,9,12-13,17-18H2,1-2H3. The summed E-state index contributed by atoms with van der Waals surface area (Å²) in [5.74, 6) is 0.617. The minimum atomic E-state index is -3.63. The van der Waals surface area contributed by atoms with Crippen LogP contribution in [0.25, 0.3) is 10.9 Å². The van der Waals surface area contributed by atoms with Gasteiger partial charge in [-0.1, -0.05) is 55.3 Å². The van der Waals surface area contributed by atoms with Crippen LogP contribution in [0.2, 0.25) is 4.34 Å². The molecule has 0 aliphatic carbocycles. The molecule has 0 N–H and O–H groups in total. The molecule has 2 aromatic heterocycles. The van der Waals surface area contributed by atoms with Crippen molar-refractivity contribution in [1.29, 1.82) is 0 Å². The highest BCUT2D eigenvalue weighted by molar-refractivity contribution is 7.92. The maximum absolute atomic E-state index is 13.1. The van der Waals surface area contributed by atoms with Gasteiger partial charge in [-0.05, 0) is 48.2 Å². The summed E-state index contributed by atoms with van der Waals surface area (Å²) in [6, 6.07) is 16.8. The fraction of sp³-hybridized carbons (Fsp3) is 0.333. The molecule has 6 nitrogen and oxygen atoms in total. The van der Waals surface area contributed by atoms with E-state index in [0.717, 1.165) is 40.8 Å². The van der Waals surface area contributed by atoms with Crippen LogP contribution in [0.4, 0.5) is 0 Å². The summed E-state index contributed by atoms with van der Waals surface area (Å²) in [6.45, 7) is 2.55. The highest BCUT2D eigenvalue weighted by Crippen LogP contribution is 2.33. The molecule has 0 radical (unpaired) electrons. The van der Waals surface area contributed by atoms with Crippen LogP contribution in [-0.4, -0.2) is 31.1 Å². The molecule has 0 aliphatic heterocycles. The van der Waals surface area contributed by atoms with E-state index in [2.05, 4.69) is 13.0 Å². The second-order valence-corrected chi connectivity index (χ2v) is 12.7. The molecule has 0 saturated heterocycles. The van der Waals surface area contributed by atoms with Gasteiger partial charge in [0.1, 0.15) is 21.5 Å². The van der Waals surface area contributed by atoms with E-state index >= 15 is 0 Å². The van der Waals surface area contributed by atoms with Crippen molar-refractivity contribution < 1.29 is 17.9 Å². The number of methoxy groups -OCH3 is 1. The SMILES string of the molecule is CCCCC(=O)CCc1cccc(Cn2nc(CS(=O)(=O)c3ccc(Cl)s3)c3c(OC)cccc32)c1. The van der Waals surface area contributed by atoms with Gasteiger partial charge in [-0.3, -0.25) is 9.48 Å². The number of fused-ring (bicyclic) bond motifs is 1. The molecule has 4 rings (SSSR count). The van der Waals surface area contributed by atoms with Crippen LogP contribution in [0.1, 0.15) is 49.4 Å². The minimum Gasteiger partial charge on any atom is -0.496 e. The lowest BCUT2D eigenvalue weighted by atomic mass is 10.0. The van der Waals surface area contributed by atoms with Crippen LogP contribution in [0.5, 0.6) is 5.75 Å². The van der Waals surface area contributed by atoms with Gasteiger partial charge in [0.05, 0.1) is 34.6 Å². The van der Waals surface area contributed by atoms with E-state index in [1.807, 2.05) is 41.1 Å². The Labute approximate surface area is 220 Å². The molecule has 0 spiro atoms. The van der Waals surface area contributed by atoms with Gasteiger partial charge in [-0.15, -0.1) is 11.3 Å². The number of carbonyl (C=O) groups is 1. The number of sulfone groups is 1. The lowest BCUT2D eigenvalue weighted by Crippen LogP contribution is -2.06. The lowest BCUT2D eigenvalue weighted by molar-refractivity contribution is -0.119. The Morgan fingerprint density at radius 2 is 1.86 bits per heavy atom. The van der Waals surface area contributed by atoms with E-state index in [-0.39, 0.29) is 9.96 Å². The Balaban J connectivity index is 1.62. The van der Waals surface area contributed by atoms with Gasteiger partial charge in [0.25, 0.3) is 0 Å². The van der Waals surface area contributed by atoms with Crippen LogP contribution in [0.3, 0.4) is 0 Å². The van der Waals surface area contributed by atoms with Gasteiger partial charge in [-0.25, -0.2) is 8.42 Å². The predicted octanol–water partition coefficient (Wildman–Crippen LogP) is 6.47. The molecular formula is C27H29ClN2O4S2. The zero-order chi connectivity index (χ0) is 25.7. The number of aromatic nitrogens is 2. The van der Waals surface area contributed by atoms with Gasteiger partial charge in [0.15, 0.2) is 9.84 Å². The first-order valence-electron chi connectivity index (χ1n) is 11.9. The number of benzene rings is 2. The molecular weight excluding hydrogens is 516 g/mol. The van der Waals surface area contributed by atoms with Crippen molar-refractivity contribution in [3.63, 3.8) is 0 Å². The van der Waals surface area contributed by atoms with E-state index in [9.17, 15) is 13.2 Å². The number of ketones is 1. The molecule has 0 saturated carbocycles. The average Bonchev–Trinajstić information content (AvgIpc) is 3.45. The summed E-state index contributed by atoms with van der Waals surface area (Å²) in [5, 5.41) is 5.41. The van der Waals surface area contributed by atoms with Crippen molar-refractivity contribution in [2.24, 2.45) is 0 Å². The van der Waals surface area contributed by atoms with E-state index in [1.165, 1.54) is 6.07 Å². The van der Waals surface area contributed by atoms with Crippen molar-refractivity contribution in [2.45, 2.75) is 55.5 Å². The molecule has 2 heterocycles. The van der Waals surface area contributed by atoms with E-state index in [4.69, 9.17) is 21.4 Å². The number of Topliss-reactive ketones (excluding diaryl/α,β-unsaturated/α-hetero) is 1. The number of carbonyl (C=O) groups excluding carboxylic acids is 1. The number of ether oxygens (including phenoxy) is 1. The maximum atomic E-state index is 13.1. The molecule has 0 aliphatic rings. The molecule has 0 fully saturated rings. The first kappa shape index (κ1) is 26.4. The first-order chi connectivity index (χ1) is 17.3. The number of aryl methyl sites for hydroxylation is 1. The summed E-state index contributed by atoms with van der Waals surface area (Å²) >= 11 is 7.02. The highest BCUT2D eigenvalue weighted by atomic mass is 35.5. The highest BCUT2D eigenvalue weighted by Gasteiger charge is 2.24. The topological polar surface area (TPSA) is 78.3 Å². The molecule has 2 aromatic carbocycles. The Kier molecular flexibility index (Phi) is 8.49. The van der Waals surface area contributed by atoms with Gasteiger partial charge in [0, 0.05) is 12.8 Å². The Bertz CT molecular complexity index is 1470. The smallest absolute Gasteiger partial charge is 0.193 e. The Hall–Kier alpha value is -2.68. The van der Waals surface area contributed by atoms with Crippen molar-refractivity contribution in [3.8, 4) is 5.75 Å². The summed E-state index contributed by atoms with van der Waals surface area (Å²) in [4.78, 5) is 12.1. The lowest BCUT2D eigenvalue weighted by Gasteiger charge is -2.08. The van der Waals surface area contributed by atoms with E-state index < -0.39 is 9.84 Å². The Morgan fingerprint density at radius 3 is 2.58 bits per heavy atom. The van der Waals surface area contributed by atoms with Gasteiger partial charge < -0.3 is 4.74 Å². The number of halogens is 1. The van der Waals surface area contributed by atoms with Crippen molar-refractivity contribution in [2.75, 3.05) is 7.11 Å². The first-order valence-corrected chi connectivity index (χ1v) is 14.8. The normalized spacial score (nSPS) is 11.8. The van der Waals surface area contributed by atoms with Crippen LogP contribution >= 0.6 is 22.9 Å². The van der Waals surface area contributed by atoms with Gasteiger partial charge in [-0.2, -0.15) is 5.10 Å². The zero-order valence-corrected chi connectivity index (χ0v) is 22.8. The Morgan fingerprint density at radius 1 is 1.08 bits per heavy atom. The van der Waals surface area contributed by atoms with E-state index in [0.29, 0.717) is 52.8 Å². The summed E-state index contributed by atoms with van der Waals surface area (Å²) < 4.78 is 34.2. The fourth-order valence-corrected chi connectivity index (χ4v) is 7.07. The average molecular weight is 545 g/mol. The third-order valence-electron chi connectivity index (χ3n) is 6.04. The molecule has 9 heteroatoms. The molecule has 0 unspecified atom stereocenters. The van der Waals surface area contributed by atoms with Crippen LogP contribution in [0.15, 0.2) is 58.8 Å². The summed E-state index contributed by atoms with van der Waals surface area (Å²) in [6.07, 6.45) is 3.85. The predicted molar refractivity (Wildman–Crippen MR) is 145 cm³/mol. The molecule has 190 valence electrons. The summed E-state index contributed by atoms with van der Waals surface area (Å²) in [5.41, 5.74) is 3.36.